The first-order valence-corrected chi connectivity index (χ1v) is 6.86. The summed E-state index contributed by atoms with van der Waals surface area (Å²) >= 11 is 1.52. The summed E-state index contributed by atoms with van der Waals surface area (Å²) < 4.78 is 11.9. The summed E-state index contributed by atoms with van der Waals surface area (Å²) in [5.74, 6) is 0.151. The molecule has 0 radical (unpaired) electrons. The molecule has 0 bridgehead atoms. The van der Waals surface area contributed by atoms with E-state index in [4.69, 9.17) is 9.15 Å². The average Bonchev–Trinajstić information content (AvgIpc) is 3.16. The van der Waals surface area contributed by atoms with Crippen LogP contribution in [0.1, 0.15) is 10.4 Å². The smallest absolute Gasteiger partial charge is 0.322 e. The number of methoxy groups -OCH3 is 1. The quantitative estimate of drug-likeness (QED) is 0.789. The lowest BCUT2D eigenvalue weighted by Gasteiger charge is -1.99. The van der Waals surface area contributed by atoms with E-state index in [1.165, 1.54) is 23.1 Å². The third-order valence-electron chi connectivity index (χ3n) is 2.65. The Hall–Kier alpha value is -2.68. The van der Waals surface area contributed by atoms with Gasteiger partial charge in [0, 0.05) is 24.2 Å². The number of hydrogen-bond acceptors (Lipinski definition) is 7. The molecular formula is C12H11N5O3S. The first-order valence-electron chi connectivity index (χ1n) is 5.92. The van der Waals surface area contributed by atoms with Crippen LogP contribution in [0.3, 0.4) is 0 Å². The highest BCUT2D eigenvalue weighted by molar-refractivity contribution is 7.08. The predicted octanol–water partition coefficient (Wildman–Crippen LogP) is 1.79. The predicted molar refractivity (Wildman–Crippen MR) is 75.3 cm³/mol. The molecule has 0 saturated heterocycles. The number of ether oxygens (including phenoxy) is 1. The van der Waals surface area contributed by atoms with Gasteiger partial charge in [-0.1, -0.05) is 5.10 Å². The molecule has 0 atom stereocenters. The summed E-state index contributed by atoms with van der Waals surface area (Å²) in [5.41, 5.74) is 1.10. The molecule has 108 valence electrons. The molecule has 0 aliphatic heterocycles. The Bertz CT molecular complexity index is 762. The minimum atomic E-state index is -0.430. The van der Waals surface area contributed by atoms with Gasteiger partial charge in [0.2, 0.25) is 5.88 Å². The third-order valence-corrected chi connectivity index (χ3v) is 3.33. The Labute approximate surface area is 123 Å². The topological polar surface area (TPSA) is 95.1 Å². The number of thiophene rings is 1. The number of aromatic nitrogens is 4. The van der Waals surface area contributed by atoms with E-state index < -0.39 is 5.91 Å². The van der Waals surface area contributed by atoms with E-state index in [2.05, 4.69) is 20.6 Å². The van der Waals surface area contributed by atoms with E-state index in [0.717, 1.165) is 5.56 Å². The fraction of sp³-hybridized carbons (Fsp3) is 0.167. The van der Waals surface area contributed by atoms with Crippen LogP contribution in [0.25, 0.3) is 11.5 Å². The molecule has 3 aromatic heterocycles. The minimum Gasteiger partial charge on any atom is -0.479 e. The Balaban J connectivity index is 1.79. The number of anilines is 1. The van der Waals surface area contributed by atoms with Crippen LogP contribution in [0, 0.1) is 0 Å². The third kappa shape index (κ3) is 2.63. The number of amides is 1. The monoisotopic (exact) mass is 305 g/mol. The largest absolute Gasteiger partial charge is 0.479 e. The highest BCUT2D eigenvalue weighted by atomic mass is 32.1. The standard InChI is InChI=1S/C12H11N5O3S/c1-17-5-8(11(16-17)19-2)9(18)13-12-15-14-10(20-12)7-3-4-21-6-7/h3-6H,1-2H3,(H,13,15,18). The van der Waals surface area contributed by atoms with Crippen molar-refractivity contribution < 1.29 is 13.9 Å². The SMILES string of the molecule is COc1nn(C)cc1C(=O)Nc1nnc(-c2ccsc2)o1. The fourth-order valence-corrected chi connectivity index (χ4v) is 2.35. The Kier molecular flexibility index (Phi) is 3.40. The van der Waals surface area contributed by atoms with E-state index in [1.54, 1.807) is 13.2 Å². The number of aryl methyl sites for hydroxylation is 1. The zero-order valence-electron chi connectivity index (χ0n) is 11.2. The molecule has 0 spiro atoms. The summed E-state index contributed by atoms with van der Waals surface area (Å²) in [5, 5.41) is 18.0. The normalized spacial score (nSPS) is 10.6. The van der Waals surface area contributed by atoms with Gasteiger partial charge in [0.05, 0.1) is 7.11 Å². The molecule has 3 heterocycles. The zero-order valence-corrected chi connectivity index (χ0v) is 12.0. The lowest BCUT2D eigenvalue weighted by Crippen LogP contribution is -2.12. The van der Waals surface area contributed by atoms with Crippen molar-refractivity contribution >= 4 is 23.3 Å². The molecule has 3 aromatic rings. The number of carbonyl (C=O) groups is 1. The van der Waals surface area contributed by atoms with E-state index in [-0.39, 0.29) is 17.5 Å². The number of carbonyl (C=O) groups excluding carboxylic acids is 1. The molecule has 3 rings (SSSR count). The number of nitrogens with one attached hydrogen (secondary N) is 1. The summed E-state index contributed by atoms with van der Waals surface area (Å²) in [7, 11) is 3.14. The molecular weight excluding hydrogens is 294 g/mol. The second-order valence-electron chi connectivity index (χ2n) is 4.10. The van der Waals surface area contributed by atoms with Gasteiger partial charge in [-0.15, -0.1) is 10.2 Å². The molecule has 0 unspecified atom stereocenters. The molecule has 1 N–H and O–H groups in total. The van der Waals surface area contributed by atoms with Crippen molar-refractivity contribution in [2.45, 2.75) is 0 Å². The molecule has 8 nitrogen and oxygen atoms in total. The summed E-state index contributed by atoms with van der Waals surface area (Å²) in [4.78, 5) is 12.1. The number of rotatable bonds is 4. The molecule has 0 aromatic carbocycles. The van der Waals surface area contributed by atoms with Gasteiger partial charge in [0.25, 0.3) is 11.8 Å². The van der Waals surface area contributed by atoms with Crippen LogP contribution in [0.4, 0.5) is 6.01 Å². The number of hydrogen-bond donors (Lipinski definition) is 1. The lowest BCUT2D eigenvalue weighted by atomic mass is 10.3. The van der Waals surface area contributed by atoms with Gasteiger partial charge in [-0.3, -0.25) is 14.8 Å². The molecule has 0 fully saturated rings. The van der Waals surface area contributed by atoms with Crippen LogP contribution >= 0.6 is 11.3 Å². The van der Waals surface area contributed by atoms with Crippen molar-refractivity contribution in [3.05, 3.63) is 28.6 Å². The van der Waals surface area contributed by atoms with Crippen LogP contribution in [0.5, 0.6) is 5.88 Å². The van der Waals surface area contributed by atoms with Crippen molar-refractivity contribution in [1.82, 2.24) is 20.0 Å². The minimum absolute atomic E-state index is 0.0205. The lowest BCUT2D eigenvalue weighted by molar-refractivity contribution is 0.102. The highest BCUT2D eigenvalue weighted by Crippen LogP contribution is 2.23. The maximum absolute atomic E-state index is 12.1. The van der Waals surface area contributed by atoms with Crippen LogP contribution < -0.4 is 10.1 Å². The number of nitrogens with zero attached hydrogens (tertiary/aromatic N) is 4. The first-order chi connectivity index (χ1) is 10.2. The van der Waals surface area contributed by atoms with Gasteiger partial charge < -0.3 is 9.15 Å². The highest BCUT2D eigenvalue weighted by Gasteiger charge is 2.19. The van der Waals surface area contributed by atoms with Crippen molar-refractivity contribution in [2.24, 2.45) is 7.05 Å². The molecule has 0 saturated carbocycles. The van der Waals surface area contributed by atoms with E-state index in [0.29, 0.717) is 5.89 Å². The van der Waals surface area contributed by atoms with Crippen LogP contribution in [-0.4, -0.2) is 33.0 Å². The van der Waals surface area contributed by atoms with Crippen LogP contribution in [0.2, 0.25) is 0 Å². The first kappa shape index (κ1) is 13.3. The molecule has 0 aliphatic rings. The van der Waals surface area contributed by atoms with Gasteiger partial charge in [-0.05, 0) is 11.4 Å². The van der Waals surface area contributed by atoms with Crippen LogP contribution in [-0.2, 0) is 7.05 Å². The van der Waals surface area contributed by atoms with Crippen molar-refractivity contribution in [3.63, 3.8) is 0 Å². The summed E-state index contributed by atoms with van der Waals surface area (Å²) in [6, 6.07) is 1.88. The maximum atomic E-state index is 12.1. The van der Waals surface area contributed by atoms with Gasteiger partial charge in [0.1, 0.15) is 5.56 Å². The summed E-state index contributed by atoms with van der Waals surface area (Å²) in [6.07, 6.45) is 1.55. The second-order valence-corrected chi connectivity index (χ2v) is 4.88. The Morgan fingerprint density at radius 2 is 2.33 bits per heavy atom. The molecule has 1 amide bonds. The van der Waals surface area contributed by atoms with E-state index >= 15 is 0 Å². The van der Waals surface area contributed by atoms with E-state index in [9.17, 15) is 4.79 Å². The van der Waals surface area contributed by atoms with Gasteiger partial charge >= 0.3 is 6.01 Å². The molecule has 9 heteroatoms. The fourth-order valence-electron chi connectivity index (χ4n) is 1.72. The summed E-state index contributed by atoms with van der Waals surface area (Å²) in [6.45, 7) is 0. The maximum Gasteiger partial charge on any atom is 0.322 e. The Morgan fingerprint density at radius 3 is 3.05 bits per heavy atom. The van der Waals surface area contributed by atoms with Gasteiger partial charge in [-0.2, -0.15) is 11.3 Å². The molecule has 21 heavy (non-hydrogen) atoms. The zero-order chi connectivity index (χ0) is 14.8. The second kappa shape index (κ2) is 5.37. The van der Waals surface area contributed by atoms with Crippen molar-refractivity contribution in [2.75, 3.05) is 12.4 Å². The van der Waals surface area contributed by atoms with Crippen molar-refractivity contribution in [3.8, 4) is 17.3 Å². The van der Waals surface area contributed by atoms with Gasteiger partial charge in [0.15, 0.2) is 0 Å². The molecule has 0 aliphatic carbocycles. The van der Waals surface area contributed by atoms with E-state index in [1.807, 2.05) is 16.8 Å². The van der Waals surface area contributed by atoms with Crippen LogP contribution in [0.15, 0.2) is 27.4 Å². The Morgan fingerprint density at radius 1 is 1.48 bits per heavy atom. The average molecular weight is 305 g/mol. The van der Waals surface area contributed by atoms with Crippen molar-refractivity contribution in [1.29, 1.82) is 0 Å². The van der Waals surface area contributed by atoms with Gasteiger partial charge in [-0.25, -0.2) is 0 Å².